The number of imidazole rings is 1. The van der Waals surface area contributed by atoms with E-state index in [2.05, 4.69) is 9.97 Å². The maximum Gasteiger partial charge on any atom is 0.0931 e. The van der Waals surface area contributed by atoms with Crippen LogP contribution in [0.1, 0.15) is 0 Å². The number of fused-ring (bicyclic) bond motifs is 1. The summed E-state index contributed by atoms with van der Waals surface area (Å²) in [5.41, 5.74) is 1.79. The van der Waals surface area contributed by atoms with Gasteiger partial charge in [0, 0.05) is 14.8 Å². The van der Waals surface area contributed by atoms with E-state index in [1.54, 1.807) is 18.5 Å². The molecule has 0 aliphatic carbocycles. The van der Waals surface area contributed by atoms with Gasteiger partial charge >= 0.3 is 0 Å². The molecule has 3 aromatic rings. The van der Waals surface area contributed by atoms with Gasteiger partial charge in [0.15, 0.2) is 0 Å². The zero-order valence-corrected chi connectivity index (χ0v) is 12.5. The lowest BCUT2D eigenvalue weighted by Gasteiger charge is -2.06. The van der Waals surface area contributed by atoms with Gasteiger partial charge in [-0.05, 0) is 30.3 Å². The molecule has 96 valence electrons. The number of hydrogen-bond donors (Lipinski definition) is 1. The predicted molar refractivity (Wildman–Crippen MR) is 81.7 cm³/mol. The Balaban J connectivity index is 2.02. The van der Waals surface area contributed by atoms with Gasteiger partial charge in [-0.2, -0.15) is 0 Å². The van der Waals surface area contributed by atoms with Crippen molar-refractivity contribution in [2.24, 2.45) is 0 Å². The Kier molecular flexibility index (Phi) is 3.63. The first-order valence-corrected chi connectivity index (χ1v) is 7.34. The second kappa shape index (κ2) is 5.25. The smallest absolute Gasteiger partial charge is 0.0931 e. The van der Waals surface area contributed by atoms with Crippen LogP contribution in [0.2, 0.25) is 15.1 Å². The largest absolute Gasteiger partial charge is 0.345 e. The molecule has 0 atom stereocenters. The van der Waals surface area contributed by atoms with Gasteiger partial charge < -0.3 is 4.98 Å². The maximum absolute atomic E-state index is 6.26. The molecule has 0 fully saturated rings. The quantitative estimate of drug-likeness (QED) is 0.655. The van der Waals surface area contributed by atoms with Gasteiger partial charge in [0.1, 0.15) is 0 Å². The molecule has 1 aromatic heterocycles. The topological polar surface area (TPSA) is 28.7 Å². The molecule has 3 rings (SSSR count). The van der Waals surface area contributed by atoms with E-state index in [-0.39, 0.29) is 0 Å². The van der Waals surface area contributed by atoms with Crippen molar-refractivity contribution in [1.29, 1.82) is 0 Å². The second-order valence-corrected chi connectivity index (χ2v) is 6.21. The van der Waals surface area contributed by atoms with Crippen molar-refractivity contribution in [2.75, 3.05) is 0 Å². The van der Waals surface area contributed by atoms with Crippen LogP contribution in [0.3, 0.4) is 0 Å². The first-order chi connectivity index (χ1) is 9.13. The van der Waals surface area contributed by atoms with E-state index < -0.39 is 0 Å². The van der Waals surface area contributed by atoms with E-state index in [1.807, 2.05) is 18.2 Å². The average molecular weight is 330 g/mol. The first kappa shape index (κ1) is 13.1. The van der Waals surface area contributed by atoms with E-state index in [1.165, 1.54) is 11.8 Å². The Morgan fingerprint density at radius 1 is 0.947 bits per heavy atom. The van der Waals surface area contributed by atoms with E-state index in [0.29, 0.717) is 15.1 Å². The summed E-state index contributed by atoms with van der Waals surface area (Å²) in [6.45, 7) is 0. The molecular weight excluding hydrogens is 323 g/mol. The van der Waals surface area contributed by atoms with Crippen LogP contribution < -0.4 is 0 Å². The SMILES string of the molecule is Clc1ccc(Sc2cc3nc[nH]c3cc2Cl)c(Cl)c1. The van der Waals surface area contributed by atoms with Gasteiger partial charge in [-0.1, -0.05) is 46.6 Å². The minimum Gasteiger partial charge on any atom is -0.345 e. The number of hydrogen-bond acceptors (Lipinski definition) is 2. The fraction of sp³-hybridized carbons (Fsp3) is 0. The van der Waals surface area contributed by atoms with Crippen molar-refractivity contribution in [2.45, 2.75) is 9.79 Å². The summed E-state index contributed by atoms with van der Waals surface area (Å²) in [6, 6.07) is 9.18. The highest BCUT2D eigenvalue weighted by molar-refractivity contribution is 7.99. The molecule has 0 unspecified atom stereocenters. The highest BCUT2D eigenvalue weighted by Gasteiger charge is 2.09. The molecule has 0 saturated carbocycles. The zero-order chi connectivity index (χ0) is 13.4. The molecule has 0 radical (unpaired) electrons. The second-order valence-electron chi connectivity index (χ2n) is 3.88. The van der Waals surface area contributed by atoms with Crippen LogP contribution in [0.4, 0.5) is 0 Å². The summed E-state index contributed by atoms with van der Waals surface area (Å²) < 4.78 is 0. The van der Waals surface area contributed by atoms with Gasteiger partial charge in [0.2, 0.25) is 0 Å². The lowest BCUT2D eigenvalue weighted by molar-refractivity contribution is 1.34. The number of H-pyrrole nitrogens is 1. The van der Waals surface area contributed by atoms with Crippen molar-refractivity contribution in [3.63, 3.8) is 0 Å². The summed E-state index contributed by atoms with van der Waals surface area (Å²) in [6.07, 6.45) is 1.64. The molecule has 0 aliphatic rings. The number of nitrogens with zero attached hydrogens (tertiary/aromatic N) is 1. The van der Waals surface area contributed by atoms with Crippen molar-refractivity contribution in [3.05, 3.63) is 51.7 Å². The minimum atomic E-state index is 0.607. The Morgan fingerprint density at radius 3 is 2.53 bits per heavy atom. The van der Waals surface area contributed by atoms with Crippen molar-refractivity contribution in [3.8, 4) is 0 Å². The summed E-state index contributed by atoms with van der Waals surface area (Å²) >= 11 is 19.8. The molecule has 0 bridgehead atoms. The molecule has 0 aliphatic heterocycles. The number of aromatic amines is 1. The van der Waals surface area contributed by atoms with Crippen LogP contribution in [0, 0.1) is 0 Å². The standard InChI is InChI=1S/C13H7Cl3N2S/c14-7-1-2-12(8(15)3-7)19-13-5-11-10(4-9(13)16)17-6-18-11/h1-6H,(H,17,18). The molecule has 2 aromatic carbocycles. The van der Waals surface area contributed by atoms with Crippen molar-refractivity contribution in [1.82, 2.24) is 9.97 Å². The summed E-state index contributed by atoms with van der Waals surface area (Å²) in [5.74, 6) is 0. The lowest BCUT2D eigenvalue weighted by Crippen LogP contribution is -1.79. The first-order valence-electron chi connectivity index (χ1n) is 5.39. The third-order valence-electron chi connectivity index (χ3n) is 2.59. The third kappa shape index (κ3) is 2.70. The van der Waals surface area contributed by atoms with Gasteiger partial charge in [0.05, 0.1) is 27.4 Å². The highest BCUT2D eigenvalue weighted by Crippen LogP contribution is 2.39. The number of halogens is 3. The van der Waals surface area contributed by atoms with Crippen LogP contribution in [-0.2, 0) is 0 Å². The zero-order valence-electron chi connectivity index (χ0n) is 9.45. The molecule has 1 N–H and O–H groups in total. The summed E-state index contributed by atoms with van der Waals surface area (Å²) in [5, 5.41) is 1.88. The summed E-state index contributed by atoms with van der Waals surface area (Å²) in [4.78, 5) is 9.05. The normalized spacial score (nSPS) is 11.1. The third-order valence-corrected chi connectivity index (χ3v) is 4.81. The van der Waals surface area contributed by atoms with Crippen LogP contribution in [0.15, 0.2) is 46.5 Å². The molecule has 1 heterocycles. The molecular formula is C13H7Cl3N2S. The average Bonchev–Trinajstić information content (AvgIpc) is 2.80. The number of rotatable bonds is 2. The summed E-state index contributed by atoms with van der Waals surface area (Å²) in [7, 11) is 0. The van der Waals surface area contributed by atoms with Crippen LogP contribution in [-0.4, -0.2) is 9.97 Å². The highest BCUT2D eigenvalue weighted by atomic mass is 35.5. The van der Waals surface area contributed by atoms with E-state index in [9.17, 15) is 0 Å². The molecule has 0 spiro atoms. The molecule has 2 nitrogen and oxygen atoms in total. The van der Waals surface area contributed by atoms with E-state index in [4.69, 9.17) is 34.8 Å². The Hall–Kier alpha value is -0.870. The lowest BCUT2D eigenvalue weighted by atomic mass is 10.3. The molecule has 6 heteroatoms. The van der Waals surface area contributed by atoms with Crippen LogP contribution in [0.25, 0.3) is 11.0 Å². The van der Waals surface area contributed by atoms with Crippen molar-refractivity contribution >= 4 is 57.6 Å². The van der Waals surface area contributed by atoms with Gasteiger partial charge in [-0.25, -0.2) is 4.98 Å². The predicted octanol–water partition coefficient (Wildman–Crippen LogP) is 5.67. The Bertz CT molecular complexity index is 755. The maximum atomic E-state index is 6.26. The van der Waals surface area contributed by atoms with Gasteiger partial charge in [-0.3, -0.25) is 0 Å². The fourth-order valence-corrected chi connectivity index (χ4v) is 3.35. The number of benzene rings is 2. The van der Waals surface area contributed by atoms with E-state index in [0.717, 1.165) is 20.8 Å². The van der Waals surface area contributed by atoms with Crippen molar-refractivity contribution < 1.29 is 0 Å². The molecule has 0 amide bonds. The number of nitrogens with one attached hydrogen (secondary N) is 1. The molecule has 19 heavy (non-hydrogen) atoms. The van der Waals surface area contributed by atoms with Crippen LogP contribution in [0.5, 0.6) is 0 Å². The fourth-order valence-electron chi connectivity index (χ4n) is 1.69. The Morgan fingerprint density at radius 2 is 1.74 bits per heavy atom. The molecule has 0 saturated heterocycles. The van der Waals surface area contributed by atoms with Crippen LogP contribution >= 0.6 is 46.6 Å². The van der Waals surface area contributed by atoms with Gasteiger partial charge in [-0.15, -0.1) is 0 Å². The Labute approximate surface area is 129 Å². The van der Waals surface area contributed by atoms with E-state index >= 15 is 0 Å². The van der Waals surface area contributed by atoms with Gasteiger partial charge in [0.25, 0.3) is 0 Å². The monoisotopic (exact) mass is 328 g/mol. The number of aromatic nitrogens is 2. The minimum absolute atomic E-state index is 0.607.